The van der Waals surface area contributed by atoms with Gasteiger partial charge in [0.1, 0.15) is 17.0 Å². The van der Waals surface area contributed by atoms with E-state index in [0.29, 0.717) is 28.5 Å². The van der Waals surface area contributed by atoms with Crippen LogP contribution in [0, 0.1) is 0 Å². The number of aliphatic imine (C=N–C) groups is 2. The number of hydrogen-bond donors (Lipinski definition) is 2. The second kappa shape index (κ2) is 11.4. The fraction of sp³-hybridized carbons (Fsp3) is 0.333. The zero-order chi connectivity index (χ0) is 26.4. The van der Waals surface area contributed by atoms with E-state index in [0.717, 1.165) is 26.2 Å². The molecular weight excluding hydrogens is 470 g/mol. The number of rotatable bonds is 6. The van der Waals surface area contributed by atoms with Gasteiger partial charge >= 0.3 is 0 Å². The lowest BCUT2D eigenvalue weighted by Gasteiger charge is -2.34. The molecule has 3 N–H and O–H groups in total. The molecule has 2 aromatic rings. The van der Waals surface area contributed by atoms with Crippen LogP contribution in [-0.4, -0.2) is 73.6 Å². The quantitative estimate of drug-likeness (QED) is 0.271. The van der Waals surface area contributed by atoms with Gasteiger partial charge in [-0.15, -0.1) is 0 Å². The van der Waals surface area contributed by atoms with E-state index in [4.69, 9.17) is 15.3 Å². The first-order valence-electron chi connectivity index (χ1n) is 12.1. The highest BCUT2D eigenvalue weighted by Crippen LogP contribution is 2.24. The van der Waals surface area contributed by atoms with Crippen molar-refractivity contribution in [3.05, 3.63) is 61.2 Å². The summed E-state index contributed by atoms with van der Waals surface area (Å²) in [6.45, 7) is 11.5. The number of piperazine rings is 1. The number of carbonyl (C=O) groups excluding carboxylic acids is 1. The number of carbonyl (C=O) groups is 1. The van der Waals surface area contributed by atoms with Crippen LogP contribution in [0.5, 0.6) is 5.75 Å². The van der Waals surface area contributed by atoms with Crippen LogP contribution in [-0.2, 0) is 9.53 Å². The van der Waals surface area contributed by atoms with Crippen LogP contribution >= 0.6 is 0 Å². The maximum atomic E-state index is 11.6. The van der Waals surface area contributed by atoms with Crippen molar-refractivity contribution >= 4 is 40.4 Å². The summed E-state index contributed by atoms with van der Waals surface area (Å²) in [6.07, 6.45) is 1.20. The number of likely N-dealkylation sites (N-methyl/N-ethyl adjacent to an activating group) is 1. The van der Waals surface area contributed by atoms with Crippen molar-refractivity contribution < 1.29 is 14.4 Å². The lowest BCUT2D eigenvalue weighted by atomic mass is 10.0. The summed E-state index contributed by atoms with van der Waals surface area (Å²) in [5, 5.41) is 6.93. The predicted molar refractivity (Wildman–Crippen MR) is 148 cm³/mol. The minimum Gasteiger partial charge on any atom is -0.369 e. The maximum Gasteiger partial charge on any atom is 0.247 e. The normalized spacial score (nSPS) is 20.3. The molecule has 194 valence electrons. The van der Waals surface area contributed by atoms with Gasteiger partial charge in [0.15, 0.2) is 5.75 Å². The number of nitrogens with zero attached hydrogens (tertiary/aromatic N) is 5. The van der Waals surface area contributed by atoms with Crippen molar-refractivity contribution in [1.29, 1.82) is 0 Å². The summed E-state index contributed by atoms with van der Waals surface area (Å²) in [5.74, 6) is 0.232. The molecule has 2 aromatic carbocycles. The number of benzene rings is 2. The van der Waals surface area contributed by atoms with E-state index in [1.165, 1.54) is 11.8 Å². The molecule has 2 aliphatic rings. The summed E-state index contributed by atoms with van der Waals surface area (Å²) in [7, 11) is 2.14. The second-order valence-electron chi connectivity index (χ2n) is 9.39. The van der Waals surface area contributed by atoms with Crippen LogP contribution in [0.1, 0.15) is 13.8 Å². The van der Waals surface area contributed by atoms with Gasteiger partial charge in [0.2, 0.25) is 11.9 Å². The average molecular weight is 504 g/mol. The zero-order valence-electron chi connectivity index (χ0n) is 21.5. The minimum absolute atomic E-state index is 0.0998. The predicted octanol–water partition coefficient (Wildman–Crippen LogP) is 3.19. The van der Waals surface area contributed by atoms with Crippen molar-refractivity contribution in [2.75, 3.05) is 50.1 Å². The van der Waals surface area contributed by atoms with Gasteiger partial charge in [0.25, 0.3) is 0 Å². The third kappa shape index (κ3) is 6.81. The lowest BCUT2D eigenvalue weighted by molar-refractivity contribution is -0.111. The largest absolute Gasteiger partial charge is 0.369 e. The average Bonchev–Trinajstić information content (AvgIpc) is 3.16. The Balaban J connectivity index is 1.48. The van der Waals surface area contributed by atoms with Crippen LogP contribution < -0.4 is 20.8 Å². The number of guanidine groups is 1. The Hall–Kier alpha value is -4.02. The Morgan fingerprint density at radius 3 is 2.59 bits per heavy atom. The molecule has 0 bridgehead atoms. The van der Waals surface area contributed by atoms with E-state index in [9.17, 15) is 4.79 Å². The Kier molecular flexibility index (Phi) is 8.00. The third-order valence-corrected chi connectivity index (χ3v) is 6.15. The van der Waals surface area contributed by atoms with Gasteiger partial charge in [-0.05, 0) is 63.4 Å². The number of ether oxygens (including phenoxy) is 1. The van der Waals surface area contributed by atoms with Gasteiger partial charge in [0, 0.05) is 43.6 Å². The van der Waals surface area contributed by atoms with Crippen molar-refractivity contribution in [3.63, 3.8) is 0 Å². The SMILES string of the molecule is C=CC(=O)Nc1cccc(O/N=C2\COC(C)(C)C2=NC(N)=Nc2ccc(N3CCN(C)CC3)cc2)c1. The molecule has 10 heteroatoms. The number of anilines is 2. The lowest BCUT2D eigenvalue weighted by Crippen LogP contribution is -2.44. The highest BCUT2D eigenvalue weighted by molar-refractivity contribution is 6.48. The molecule has 0 aliphatic carbocycles. The Morgan fingerprint density at radius 2 is 1.89 bits per heavy atom. The molecule has 2 fully saturated rings. The van der Waals surface area contributed by atoms with Gasteiger partial charge in [0.05, 0.1) is 12.3 Å². The van der Waals surface area contributed by atoms with E-state index in [-0.39, 0.29) is 18.5 Å². The maximum absolute atomic E-state index is 11.6. The molecule has 0 saturated carbocycles. The molecule has 10 nitrogen and oxygen atoms in total. The standard InChI is InChI=1S/C27H33N7O3/c1-5-24(35)29-20-7-6-8-22(17-20)37-32-23-18-36-27(2,3)25(23)31-26(28)30-19-9-11-21(12-10-19)34-15-13-33(4)14-16-34/h5-12,17H,1,13-16,18H2,2-4H3,(H2,28,30)(H,29,35)/b31-25?,32-23+. The fourth-order valence-corrected chi connectivity index (χ4v) is 4.01. The zero-order valence-corrected chi connectivity index (χ0v) is 21.5. The van der Waals surface area contributed by atoms with E-state index in [1.807, 2.05) is 26.0 Å². The highest BCUT2D eigenvalue weighted by Gasteiger charge is 2.38. The molecule has 0 atom stereocenters. The first-order valence-corrected chi connectivity index (χ1v) is 12.1. The molecule has 0 aromatic heterocycles. The number of nitrogens with two attached hydrogens (primary N) is 1. The first kappa shape index (κ1) is 26.1. The molecule has 2 saturated heterocycles. The van der Waals surface area contributed by atoms with Crippen molar-refractivity contribution in [2.24, 2.45) is 20.9 Å². The van der Waals surface area contributed by atoms with E-state index in [2.05, 4.69) is 56.0 Å². The molecule has 0 unspecified atom stereocenters. The van der Waals surface area contributed by atoms with E-state index in [1.54, 1.807) is 24.3 Å². The second-order valence-corrected chi connectivity index (χ2v) is 9.39. The number of oxime groups is 1. The molecule has 4 rings (SSSR count). The Morgan fingerprint density at radius 1 is 1.16 bits per heavy atom. The summed E-state index contributed by atoms with van der Waals surface area (Å²) in [5.41, 5.74) is 8.98. The molecule has 1 amide bonds. The molecule has 37 heavy (non-hydrogen) atoms. The highest BCUT2D eigenvalue weighted by atomic mass is 16.6. The Labute approximate surface area is 217 Å². The summed E-state index contributed by atoms with van der Waals surface area (Å²) < 4.78 is 5.86. The van der Waals surface area contributed by atoms with Crippen LogP contribution in [0.3, 0.4) is 0 Å². The van der Waals surface area contributed by atoms with Crippen molar-refractivity contribution in [3.8, 4) is 5.75 Å². The van der Waals surface area contributed by atoms with E-state index >= 15 is 0 Å². The summed E-state index contributed by atoms with van der Waals surface area (Å²) in [4.78, 5) is 30.8. The van der Waals surface area contributed by atoms with Gasteiger partial charge in [-0.2, -0.15) is 0 Å². The molecular formula is C27H33N7O3. The smallest absolute Gasteiger partial charge is 0.247 e. The van der Waals surface area contributed by atoms with Crippen molar-refractivity contribution in [2.45, 2.75) is 19.4 Å². The van der Waals surface area contributed by atoms with Crippen LogP contribution in [0.4, 0.5) is 17.1 Å². The first-order chi connectivity index (χ1) is 17.7. The monoisotopic (exact) mass is 503 g/mol. The van der Waals surface area contributed by atoms with Gasteiger partial charge < -0.3 is 30.4 Å². The molecule has 0 spiro atoms. The summed E-state index contributed by atoms with van der Waals surface area (Å²) >= 11 is 0. The van der Waals surface area contributed by atoms with Crippen LogP contribution in [0.2, 0.25) is 0 Å². The third-order valence-electron chi connectivity index (χ3n) is 6.15. The van der Waals surface area contributed by atoms with Gasteiger partial charge in [-0.3, -0.25) is 4.79 Å². The fourth-order valence-electron chi connectivity index (χ4n) is 4.01. The van der Waals surface area contributed by atoms with Crippen LogP contribution in [0.25, 0.3) is 0 Å². The number of nitrogens with one attached hydrogen (secondary N) is 1. The molecule has 2 aliphatic heterocycles. The van der Waals surface area contributed by atoms with Gasteiger partial charge in [-0.1, -0.05) is 17.8 Å². The Bertz CT molecular complexity index is 1230. The minimum atomic E-state index is -0.715. The van der Waals surface area contributed by atoms with E-state index < -0.39 is 5.60 Å². The van der Waals surface area contributed by atoms with Gasteiger partial charge in [-0.25, -0.2) is 9.98 Å². The topological polar surface area (TPSA) is 117 Å². The van der Waals surface area contributed by atoms with Crippen LogP contribution in [0.15, 0.2) is 76.3 Å². The van der Waals surface area contributed by atoms with Crippen molar-refractivity contribution in [1.82, 2.24) is 4.90 Å². The molecule has 0 radical (unpaired) electrons. The number of amides is 1. The number of hydrogen-bond acceptors (Lipinski definition) is 7. The summed E-state index contributed by atoms with van der Waals surface area (Å²) in [6, 6.07) is 14.9. The molecule has 2 heterocycles.